The number of ether oxygens (including phenoxy) is 1. The molecular formula is C13H18N4O3S. The van der Waals surface area contributed by atoms with Crippen LogP contribution in [0.1, 0.15) is 17.4 Å². The normalized spacial score (nSPS) is 25.7. The summed E-state index contributed by atoms with van der Waals surface area (Å²) in [6, 6.07) is 0.260. The summed E-state index contributed by atoms with van der Waals surface area (Å²) < 4.78 is 5.74. The minimum Gasteiger partial charge on any atom is -0.373 e. The van der Waals surface area contributed by atoms with Crippen molar-refractivity contribution in [2.45, 2.75) is 19.1 Å². The highest BCUT2D eigenvalue weighted by Crippen LogP contribution is 2.24. The molecule has 21 heavy (non-hydrogen) atoms. The molecule has 0 aromatic carbocycles. The van der Waals surface area contributed by atoms with E-state index in [0.717, 1.165) is 6.54 Å². The Kier molecular flexibility index (Phi) is 3.92. The predicted octanol–water partition coefficient (Wildman–Crippen LogP) is 0.256. The molecule has 1 N–H and O–H groups in total. The number of anilines is 1. The molecule has 2 aliphatic rings. The Morgan fingerprint density at radius 1 is 1.48 bits per heavy atom. The van der Waals surface area contributed by atoms with Crippen LogP contribution in [0.25, 0.3) is 0 Å². The number of fused-ring (bicyclic) bond motifs is 1. The average Bonchev–Trinajstić information content (AvgIpc) is 3.04. The minimum absolute atomic E-state index is 0.0844. The van der Waals surface area contributed by atoms with Crippen molar-refractivity contribution in [3.05, 3.63) is 11.1 Å². The van der Waals surface area contributed by atoms with Crippen molar-refractivity contribution in [1.29, 1.82) is 0 Å². The van der Waals surface area contributed by atoms with E-state index < -0.39 is 0 Å². The number of rotatable bonds is 2. The van der Waals surface area contributed by atoms with Gasteiger partial charge in [0, 0.05) is 31.9 Å². The molecule has 2 atom stereocenters. The lowest BCUT2D eigenvalue weighted by molar-refractivity contribution is -0.114. The number of thiazole rings is 1. The van der Waals surface area contributed by atoms with Gasteiger partial charge in [0.1, 0.15) is 5.69 Å². The zero-order chi connectivity index (χ0) is 15.0. The molecule has 114 valence electrons. The van der Waals surface area contributed by atoms with E-state index in [1.54, 1.807) is 10.3 Å². The van der Waals surface area contributed by atoms with Crippen molar-refractivity contribution in [1.82, 2.24) is 14.8 Å². The second-order valence-electron chi connectivity index (χ2n) is 5.39. The van der Waals surface area contributed by atoms with Crippen LogP contribution in [0.5, 0.6) is 0 Å². The second kappa shape index (κ2) is 5.70. The molecule has 0 spiro atoms. The summed E-state index contributed by atoms with van der Waals surface area (Å²) in [5.74, 6) is -0.292. The SMILES string of the molecule is CC(=O)Nc1nc(C(=O)N2C[C@H]3OCCN(C)[C@H]3C2)cs1. The van der Waals surface area contributed by atoms with Gasteiger partial charge in [-0.15, -0.1) is 11.3 Å². The molecule has 0 saturated carbocycles. The van der Waals surface area contributed by atoms with Gasteiger partial charge in [-0.3, -0.25) is 14.5 Å². The second-order valence-corrected chi connectivity index (χ2v) is 6.24. The first-order valence-electron chi connectivity index (χ1n) is 6.89. The molecule has 0 aliphatic carbocycles. The van der Waals surface area contributed by atoms with E-state index in [9.17, 15) is 9.59 Å². The van der Waals surface area contributed by atoms with Crippen molar-refractivity contribution >= 4 is 28.3 Å². The lowest BCUT2D eigenvalue weighted by Crippen LogP contribution is -2.48. The van der Waals surface area contributed by atoms with Crippen LogP contribution in [-0.2, 0) is 9.53 Å². The minimum atomic E-state index is -0.189. The molecule has 0 unspecified atom stereocenters. The van der Waals surface area contributed by atoms with Crippen LogP contribution in [0.3, 0.4) is 0 Å². The molecule has 3 heterocycles. The van der Waals surface area contributed by atoms with Gasteiger partial charge in [0.2, 0.25) is 5.91 Å². The van der Waals surface area contributed by atoms with E-state index in [1.165, 1.54) is 18.3 Å². The van der Waals surface area contributed by atoms with Crippen LogP contribution in [0.2, 0.25) is 0 Å². The van der Waals surface area contributed by atoms with E-state index >= 15 is 0 Å². The number of carbonyl (C=O) groups is 2. The first-order valence-corrected chi connectivity index (χ1v) is 7.77. The molecule has 2 amide bonds. The standard InChI is InChI=1S/C13H18N4O3S/c1-8(18)14-13-15-9(7-21-13)12(19)17-5-10-11(6-17)20-4-3-16(10)2/h7,10-11H,3-6H2,1-2H3,(H,14,15,18)/t10-,11+/m0/s1. The third-order valence-electron chi connectivity index (χ3n) is 3.87. The fourth-order valence-electron chi connectivity index (χ4n) is 2.77. The number of hydrogen-bond acceptors (Lipinski definition) is 6. The molecule has 0 radical (unpaired) electrons. The van der Waals surface area contributed by atoms with Crippen molar-refractivity contribution in [2.24, 2.45) is 0 Å². The molecular weight excluding hydrogens is 292 g/mol. The number of hydrogen-bond donors (Lipinski definition) is 1. The molecule has 3 rings (SSSR count). The number of amides is 2. The highest BCUT2D eigenvalue weighted by molar-refractivity contribution is 7.14. The summed E-state index contributed by atoms with van der Waals surface area (Å²) >= 11 is 1.26. The maximum Gasteiger partial charge on any atom is 0.273 e. The van der Waals surface area contributed by atoms with Crippen LogP contribution < -0.4 is 5.32 Å². The summed E-state index contributed by atoms with van der Waals surface area (Å²) in [6.45, 7) is 4.28. The molecule has 7 nitrogen and oxygen atoms in total. The van der Waals surface area contributed by atoms with E-state index in [0.29, 0.717) is 30.5 Å². The van der Waals surface area contributed by atoms with Gasteiger partial charge in [-0.2, -0.15) is 0 Å². The summed E-state index contributed by atoms with van der Waals surface area (Å²) in [4.78, 5) is 31.7. The fraction of sp³-hybridized carbons (Fsp3) is 0.615. The van der Waals surface area contributed by atoms with Crippen LogP contribution in [0.15, 0.2) is 5.38 Å². The van der Waals surface area contributed by atoms with Gasteiger partial charge in [0.25, 0.3) is 5.91 Å². The van der Waals surface area contributed by atoms with Crippen LogP contribution >= 0.6 is 11.3 Å². The van der Waals surface area contributed by atoms with Gasteiger partial charge in [-0.05, 0) is 7.05 Å². The Morgan fingerprint density at radius 3 is 3.00 bits per heavy atom. The lowest BCUT2D eigenvalue weighted by Gasteiger charge is -2.33. The van der Waals surface area contributed by atoms with Crippen molar-refractivity contribution in [3.8, 4) is 0 Å². The van der Waals surface area contributed by atoms with Gasteiger partial charge in [0.05, 0.1) is 18.8 Å². The third-order valence-corrected chi connectivity index (χ3v) is 4.63. The highest BCUT2D eigenvalue weighted by atomic mass is 32.1. The molecule has 1 aromatic heterocycles. The Bertz CT molecular complexity index is 561. The predicted molar refractivity (Wildman–Crippen MR) is 78.5 cm³/mol. The zero-order valence-corrected chi connectivity index (χ0v) is 12.9. The first kappa shape index (κ1) is 14.4. The summed E-state index contributed by atoms with van der Waals surface area (Å²) in [7, 11) is 2.06. The third kappa shape index (κ3) is 2.92. The van der Waals surface area contributed by atoms with Crippen LogP contribution in [0, 0.1) is 0 Å². The first-order chi connectivity index (χ1) is 10.0. The van der Waals surface area contributed by atoms with Crippen LogP contribution in [-0.4, -0.2) is 72.0 Å². The summed E-state index contributed by atoms with van der Waals surface area (Å²) in [5.41, 5.74) is 0.380. The van der Waals surface area contributed by atoms with Gasteiger partial charge in [-0.25, -0.2) is 4.98 Å². The Hall–Kier alpha value is -1.51. The van der Waals surface area contributed by atoms with Crippen molar-refractivity contribution in [3.63, 3.8) is 0 Å². The van der Waals surface area contributed by atoms with Gasteiger partial charge < -0.3 is 15.0 Å². The van der Waals surface area contributed by atoms with E-state index in [4.69, 9.17) is 4.74 Å². The molecule has 2 fully saturated rings. The highest BCUT2D eigenvalue weighted by Gasteiger charge is 2.40. The fourth-order valence-corrected chi connectivity index (χ4v) is 3.50. The van der Waals surface area contributed by atoms with Gasteiger partial charge in [0.15, 0.2) is 5.13 Å². The zero-order valence-electron chi connectivity index (χ0n) is 12.0. The van der Waals surface area contributed by atoms with Gasteiger partial charge in [-0.1, -0.05) is 0 Å². The Morgan fingerprint density at radius 2 is 2.29 bits per heavy atom. The number of likely N-dealkylation sites (tertiary alicyclic amines) is 1. The van der Waals surface area contributed by atoms with Crippen molar-refractivity contribution in [2.75, 3.05) is 38.6 Å². The number of likely N-dealkylation sites (N-methyl/N-ethyl adjacent to an activating group) is 1. The number of aromatic nitrogens is 1. The topological polar surface area (TPSA) is 74.8 Å². The largest absolute Gasteiger partial charge is 0.373 e. The Balaban J connectivity index is 1.68. The number of nitrogens with zero attached hydrogens (tertiary/aromatic N) is 3. The number of carbonyl (C=O) groups excluding carboxylic acids is 2. The molecule has 1 aromatic rings. The van der Waals surface area contributed by atoms with E-state index in [2.05, 4.69) is 22.2 Å². The maximum atomic E-state index is 12.5. The molecule has 8 heteroatoms. The number of nitrogens with one attached hydrogen (secondary N) is 1. The van der Waals surface area contributed by atoms with Crippen molar-refractivity contribution < 1.29 is 14.3 Å². The molecule has 0 bridgehead atoms. The summed E-state index contributed by atoms with van der Waals surface area (Å²) in [6.07, 6.45) is 0.0844. The maximum absolute atomic E-state index is 12.5. The lowest BCUT2D eigenvalue weighted by atomic mass is 10.1. The molecule has 2 saturated heterocycles. The monoisotopic (exact) mass is 310 g/mol. The van der Waals surface area contributed by atoms with Crippen LogP contribution in [0.4, 0.5) is 5.13 Å². The quantitative estimate of drug-likeness (QED) is 0.848. The van der Waals surface area contributed by atoms with Gasteiger partial charge >= 0.3 is 0 Å². The smallest absolute Gasteiger partial charge is 0.273 e. The Labute approximate surface area is 126 Å². The average molecular weight is 310 g/mol. The summed E-state index contributed by atoms with van der Waals surface area (Å²) in [5, 5.41) is 4.73. The van der Waals surface area contributed by atoms with E-state index in [-0.39, 0.29) is 24.0 Å². The van der Waals surface area contributed by atoms with E-state index in [1.807, 2.05) is 0 Å². The molecule has 2 aliphatic heterocycles. The number of morpholine rings is 1.